The monoisotopic (exact) mass is 660 g/mol. The zero-order valence-corrected chi connectivity index (χ0v) is 26.0. The van der Waals surface area contributed by atoms with Crippen molar-refractivity contribution in [3.05, 3.63) is 176 Å². The summed E-state index contributed by atoms with van der Waals surface area (Å²) in [7, 11) is 0. The van der Waals surface area contributed by atoms with E-state index in [1.54, 1.807) is 42.5 Å². The molecule has 0 aliphatic heterocycles. The van der Waals surface area contributed by atoms with Gasteiger partial charge >= 0.3 is 0 Å². The number of rotatable bonds is 5. The first-order valence-electron chi connectivity index (χ1n) is 23.7. The summed E-state index contributed by atoms with van der Waals surface area (Å²) >= 11 is 1.54. The molecule has 0 unspecified atom stereocenters. The van der Waals surface area contributed by atoms with Crippen molar-refractivity contribution in [1.82, 2.24) is 0 Å². The molecule has 2 heterocycles. The minimum absolute atomic E-state index is 0.120. The quantitative estimate of drug-likeness (QED) is 0.183. The molecule has 0 fully saturated rings. The lowest BCUT2D eigenvalue weighted by atomic mass is 10.0. The van der Waals surface area contributed by atoms with E-state index in [9.17, 15) is 13.7 Å². The average Bonchev–Trinajstić information content (AvgIpc) is 3.89. The van der Waals surface area contributed by atoms with Crippen molar-refractivity contribution in [3.63, 3.8) is 0 Å². The van der Waals surface area contributed by atoms with Crippen molar-refractivity contribution in [2.45, 2.75) is 0 Å². The molecule has 0 spiro atoms. The second-order valence-corrected chi connectivity index (χ2v) is 12.3. The number of fused-ring (bicyclic) bond motifs is 8. The third-order valence-corrected chi connectivity index (χ3v) is 9.50. The van der Waals surface area contributed by atoms with Gasteiger partial charge in [-0.25, -0.2) is 0 Å². The first kappa shape index (κ1) is 15.8. The van der Waals surface area contributed by atoms with Gasteiger partial charge in [0.1, 0.15) is 11.2 Å². The summed E-state index contributed by atoms with van der Waals surface area (Å²) in [5.41, 5.74) is -2.59. The Morgan fingerprint density at radius 2 is 1.20 bits per heavy atom. The molecule has 230 valence electrons. The van der Waals surface area contributed by atoms with Crippen molar-refractivity contribution in [1.29, 1.82) is 0 Å². The average molecular weight is 661 g/mol. The minimum atomic E-state index is -0.865. The van der Waals surface area contributed by atoms with E-state index in [1.165, 1.54) is 11.3 Å². The molecule has 0 bridgehead atoms. The molecule has 0 aliphatic carbocycles. The summed E-state index contributed by atoms with van der Waals surface area (Å²) < 4.78 is 164. The largest absolute Gasteiger partial charge is 0.455 e. The highest BCUT2D eigenvalue weighted by Crippen LogP contribution is 2.45. The van der Waals surface area contributed by atoms with Gasteiger partial charge in [0.05, 0.1) is 34.4 Å². The van der Waals surface area contributed by atoms with Crippen molar-refractivity contribution < 1.29 is 27.7 Å². The Morgan fingerprint density at radius 1 is 0.490 bits per heavy atom. The van der Waals surface area contributed by atoms with Gasteiger partial charge in [-0.1, -0.05) is 115 Å². The number of furan rings is 1. The smallest absolute Gasteiger partial charge is 0.143 e. The van der Waals surface area contributed by atoms with Crippen LogP contribution in [0.15, 0.2) is 180 Å². The molecule has 0 amide bonds. The third-order valence-electron chi connectivity index (χ3n) is 8.35. The Balaban J connectivity index is 1.38. The molecule has 10 aromatic rings. The van der Waals surface area contributed by atoms with Gasteiger partial charge in [0.2, 0.25) is 0 Å². The van der Waals surface area contributed by atoms with E-state index in [2.05, 4.69) is 0 Å². The molecular weight excluding hydrogens is 615 g/mol. The lowest BCUT2D eigenvalue weighted by Gasteiger charge is -2.26. The fourth-order valence-corrected chi connectivity index (χ4v) is 7.15. The van der Waals surface area contributed by atoms with Gasteiger partial charge in [-0.15, -0.1) is 11.3 Å². The predicted octanol–water partition coefficient (Wildman–Crippen LogP) is 13.9. The second-order valence-electron chi connectivity index (χ2n) is 11.2. The molecule has 0 radical (unpaired) electrons. The number of thiophene rings is 1. The summed E-state index contributed by atoms with van der Waals surface area (Å²) in [5, 5.41) is 0.151. The van der Waals surface area contributed by atoms with Crippen LogP contribution in [0.2, 0.25) is 0 Å². The maximum absolute atomic E-state index is 9.65. The summed E-state index contributed by atoms with van der Waals surface area (Å²) in [6, 6.07) is 9.06. The van der Waals surface area contributed by atoms with Crippen LogP contribution in [0, 0.1) is 0 Å². The number of hydrogen-bond acceptors (Lipinski definition) is 3. The van der Waals surface area contributed by atoms with Crippen LogP contribution in [0.4, 0.5) is 17.1 Å². The van der Waals surface area contributed by atoms with Crippen molar-refractivity contribution in [3.8, 4) is 22.3 Å². The topological polar surface area (TPSA) is 16.4 Å². The van der Waals surface area contributed by atoms with E-state index in [0.29, 0.717) is 11.1 Å². The van der Waals surface area contributed by atoms with Crippen LogP contribution in [0.3, 0.4) is 0 Å². The second kappa shape index (κ2) is 11.2. The number of hydrogen-bond donors (Lipinski definition) is 0. The van der Waals surface area contributed by atoms with Crippen molar-refractivity contribution in [2.24, 2.45) is 0 Å². The molecule has 2 aromatic heterocycles. The summed E-state index contributed by atoms with van der Waals surface area (Å²) in [4.78, 5) is 0.792. The minimum Gasteiger partial charge on any atom is -0.455 e. The SMILES string of the molecule is [2H]c1c([2H])c(N(c2c([2H])c([2H])c(-c3ccc4sc5ccccc5c4c3)c([2H])c2[2H])c2c([2H])c([2H])c([2H])c3oc4c5c([2H])c([2H])c([2H])c([2H])c5c([2H])c([2H])c4c23)c([2H])c([2H])c1-c1ccccc1. The molecule has 0 saturated heterocycles. The Bertz CT molecular complexity index is 3750. The van der Waals surface area contributed by atoms with E-state index >= 15 is 0 Å². The maximum atomic E-state index is 9.65. The van der Waals surface area contributed by atoms with Gasteiger partial charge in [0.15, 0.2) is 0 Å². The van der Waals surface area contributed by atoms with Crippen LogP contribution in [0.25, 0.3) is 75.1 Å². The molecule has 0 atom stereocenters. The van der Waals surface area contributed by atoms with Crippen LogP contribution in [0.1, 0.15) is 23.3 Å². The molecule has 10 rings (SSSR count). The number of nitrogens with zero attached hydrogens (tertiary/aromatic N) is 1. The molecule has 8 aromatic carbocycles. The number of benzene rings is 8. The molecule has 0 aliphatic rings. The fourth-order valence-electron chi connectivity index (χ4n) is 6.07. The highest BCUT2D eigenvalue weighted by Gasteiger charge is 2.20. The zero-order chi connectivity index (χ0) is 47.1. The third kappa shape index (κ3) is 4.62. The fraction of sp³-hybridized carbons (Fsp3) is 0. The summed E-state index contributed by atoms with van der Waals surface area (Å²) in [5.74, 6) is 0. The van der Waals surface area contributed by atoms with Gasteiger partial charge in [-0.3, -0.25) is 0 Å². The lowest BCUT2D eigenvalue weighted by molar-refractivity contribution is 0.672. The van der Waals surface area contributed by atoms with E-state index < -0.39 is 142 Å². The molecule has 3 heteroatoms. The van der Waals surface area contributed by atoms with Gasteiger partial charge in [-0.2, -0.15) is 0 Å². The summed E-state index contributed by atoms with van der Waals surface area (Å²) in [6.45, 7) is 0. The van der Waals surface area contributed by atoms with E-state index in [0.717, 1.165) is 25.1 Å². The normalized spacial score (nSPS) is 16.5. The summed E-state index contributed by atoms with van der Waals surface area (Å²) in [6.07, 6.45) is 0. The molecule has 49 heavy (non-hydrogen) atoms. The van der Waals surface area contributed by atoms with E-state index in [1.807, 2.05) is 30.3 Å². The highest BCUT2D eigenvalue weighted by molar-refractivity contribution is 7.25. The van der Waals surface area contributed by atoms with Gasteiger partial charge in [0, 0.05) is 42.3 Å². The lowest BCUT2D eigenvalue weighted by Crippen LogP contribution is -2.10. The standard InChI is InChI=1S/C46H29NOS/c1-2-9-30(10-3-1)31-17-23-35(24-18-31)47(41-14-8-15-42-45(41)39-27-21-33-11-4-5-12-37(33)46(39)48-42)36-25-19-32(20-26-36)34-22-28-44-40(29-34)38-13-6-7-16-43(38)49-44/h1-29H/i4D,5D,8D,11D,12D,14D,15D,17D,18D,19D,20D,21D,23D,24D,25D,26D,27D. The van der Waals surface area contributed by atoms with Crippen LogP contribution in [0.5, 0.6) is 0 Å². The predicted molar refractivity (Wildman–Crippen MR) is 210 cm³/mol. The number of anilines is 3. The molecule has 2 nitrogen and oxygen atoms in total. The molecule has 0 saturated carbocycles. The Morgan fingerprint density at radius 3 is 2.02 bits per heavy atom. The van der Waals surface area contributed by atoms with E-state index in [-0.39, 0.29) is 21.9 Å². The maximum Gasteiger partial charge on any atom is 0.143 e. The first-order valence-corrected chi connectivity index (χ1v) is 16.0. The van der Waals surface area contributed by atoms with Gasteiger partial charge in [-0.05, 0) is 88.1 Å². The molecule has 0 N–H and O–H groups in total. The van der Waals surface area contributed by atoms with Crippen molar-refractivity contribution in [2.75, 3.05) is 4.90 Å². The Labute approximate surface area is 311 Å². The molecular formula is C46H29NOS. The van der Waals surface area contributed by atoms with Crippen LogP contribution >= 0.6 is 11.3 Å². The van der Waals surface area contributed by atoms with Crippen LogP contribution in [-0.4, -0.2) is 0 Å². The van der Waals surface area contributed by atoms with Gasteiger partial charge < -0.3 is 9.32 Å². The van der Waals surface area contributed by atoms with Crippen molar-refractivity contribution >= 4 is 81.3 Å². The highest BCUT2D eigenvalue weighted by atomic mass is 32.1. The van der Waals surface area contributed by atoms with Crippen LogP contribution < -0.4 is 4.90 Å². The van der Waals surface area contributed by atoms with E-state index in [4.69, 9.17) is 14.0 Å². The Hall–Kier alpha value is -6.16. The Kier molecular flexibility index (Phi) is 3.63. The van der Waals surface area contributed by atoms with Crippen LogP contribution in [-0.2, 0) is 0 Å². The first-order chi connectivity index (χ1) is 31.4. The van der Waals surface area contributed by atoms with Gasteiger partial charge in [0.25, 0.3) is 0 Å². The zero-order valence-electron chi connectivity index (χ0n) is 42.2.